The molecule has 1 fully saturated rings. The molecule has 1 amide bonds. The van der Waals surface area contributed by atoms with Crippen LogP contribution < -0.4 is 5.32 Å². The zero-order valence-electron chi connectivity index (χ0n) is 9.99. The normalized spacial score (nSPS) is 23.3. The van der Waals surface area contributed by atoms with E-state index in [4.69, 9.17) is 5.26 Å². The molecule has 1 aromatic rings. The van der Waals surface area contributed by atoms with E-state index in [1.54, 1.807) is 0 Å². The molecular formula is C13H15BrN2OS. The van der Waals surface area contributed by atoms with E-state index in [1.165, 1.54) is 11.3 Å². The van der Waals surface area contributed by atoms with E-state index in [0.29, 0.717) is 12.3 Å². The molecular weight excluding hydrogens is 312 g/mol. The fraction of sp³-hybridized carbons (Fsp3) is 0.538. The lowest BCUT2D eigenvalue weighted by molar-refractivity contribution is 0.0926. The Morgan fingerprint density at radius 3 is 2.72 bits per heavy atom. The largest absolute Gasteiger partial charge is 0.349 e. The molecule has 0 atom stereocenters. The highest BCUT2D eigenvalue weighted by Gasteiger charge is 2.22. The molecule has 0 saturated heterocycles. The van der Waals surface area contributed by atoms with E-state index >= 15 is 0 Å². The number of nitrogens with one attached hydrogen (secondary N) is 1. The second kappa shape index (κ2) is 6.35. The molecule has 1 heterocycles. The van der Waals surface area contributed by atoms with Gasteiger partial charge < -0.3 is 5.32 Å². The summed E-state index contributed by atoms with van der Waals surface area (Å²) in [5, 5.41) is 11.7. The van der Waals surface area contributed by atoms with Crippen LogP contribution in [-0.4, -0.2) is 11.9 Å². The Morgan fingerprint density at radius 1 is 1.44 bits per heavy atom. The van der Waals surface area contributed by atoms with Gasteiger partial charge in [-0.15, -0.1) is 11.3 Å². The van der Waals surface area contributed by atoms with Crippen molar-refractivity contribution in [1.29, 1.82) is 5.26 Å². The number of thiophene rings is 1. The van der Waals surface area contributed by atoms with Gasteiger partial charge >= 0.3 is 0 Å². The highest BCUT2D eigenvalue weighted by atomic mass is 79.9. The summed E-state index contributed by atoms with van der Waals surface area (Å²) in [6, 6.07) is 6.23. The maximum Gasteiger partial charge on any atom is 0.261 e. The van der Waals surface area contributed by atoms with Crippen LogP contribution in [0.15, 0.2) is 15.9 Å². The molecule has 5 heteroatoms. The van der Waals surface area contributed by atoms with Crippen molar-refractivity contribution in [2.75, 3.05) is 0 Å². The van der Waals surface area contributed by atoms with E-state index in [0.717, 1.165) is 34.3 Å². The van der Waals surface area contributed by atoms with Crippen LogP contribution in [0, 0.1) is 17.2 Å². The minimum atomic E-state index is 0.0226. The van der Waals surface area contributed by atoms with E-state index in [2.05, 4.69) is 27.3 Å². The summed E-state index contributed by atoms with van der Waals surface area (Å²) in [6.07, 6.45) is 4.73. The quantitative estimate of drug-likeness (QED) is 0.920. The predicted octanol–water partition coefficient (Wildman–Crippen LogP) is 3.71. The molecule has 0 bridgehead atoms. The molecule has 18 heavy (non-hydrogen) atoms. The Morgan fingerprint density at radius 2 is 2.17 bits per heavy atom. The average molecular weight is 327 g/mol. The molecule has 1 N–H and O–H groups in total. The molecule has 0 unspecified atom stereocenters. The Hall–Kier alpha value is -0.860. The number of hydrogen-bond donors (Lipinski definition) is 1. The number of rotatable bonds is 3. The highest BCUT2D eigenvalue weighted by Crippen LogP contribution is 2.27. The van der Waals surface area contributed by atoms with Gasteiger partial charge in [0.1, 0.15) is 0 Å². The third-order valence-corrected chi connectivity index (χ3v) is 4.98. The minimum absolute atomic E-state index is 0.0226. The summed E-state index contributed by atoms with van der Waals surface area (Å²) < 4.78 is 0.977. The van der Waals surface area contributed by atoms with Crippen molar-refractivity contribution in [1.82, 2.24) is 5.32 Å². The first kappa shape index (κ1) is 13.6. The molecule has 0 radical (unpaired) electrons. The van der Waals surface area contributed by atoms with Crippen LogP contribution in [0.25, 0.3) is 0 Å². The summed E-state index contributed by atoms with van der Waals surface area (Å²) in [4.78, 5) is 12.7. The SMILES string of the molecule is N#CCC1CCC(NC(=O)c2ccc(Br)s2)CC1. The fourth-order valence-corrected chi connectivity index (χ4v) is 3.62. The summed E-state index contributed by atoms with van der Waals surface area (Å²) >= 11 is 4.81. The van der Waals surface area contributed by atoms with Gasteiger partial charge in [-0.3, -0.25) is 4.79 Å². The molecule has 2 rings (SSSR count). The van der Waals surface area contributed by atoms with Gasteiger partial charge in [0, 0.05) is 12.5 Å². The maximum absolute atomic E-state index is 12.0. The van der Waals surface area contributed by atoms with Crippen LogP contribution in [0.1, 0.15) is 41.8 Å². The zero-order valence-corrected chi connectivity index (χ0v) is 12.4. The number of hydrogen-bond acceptors (Lipinski definition) is 3. The lowest BCUT2D eigenvalue weighted by Gasteiger charge is -2.27. The van der Waals surface area contributed by atoms with Gasteiger partial charge in [-0.25, -0.2) is 0 Å². The zero-order chi connectivity index (χ0) is 13.0. The number of carbonyl (C=O) groups excluding carboxylic acids is 1. The number of carbonyl (C=O) groups is 1. The number of amides is 1. The topological polar surface area (TPSA) is 52.9 Å². The lowest BCUT2D eigenvalue weighted by atomic mass is 9.84. The van der Waals surface area contributed by atoms with Crippen molar-refractivity contribution in [2.24, 2.45) is 5.92 Å². The first-order chi connectivity index (χ1) is 8.69. The third-order valence-electron chi connectivity index (χ3n) is 3.36. The molecule has 3 nitrogen and oxygen atoms in total. The van der Waals surface area contributed by atoms with Crippen molar-refractivity contribution in [2.45, 2.75) is 38.1 Å². The van der Waals surface area contributed by atoms with Crippen molar-refractivity contribution < 1.29 is 4.79 Å². The first-order valence-corrected chi connectivity index (χ1v) is 7.73. The highest BCUT2D eigenvalue weighted by molar-refractivity contribution is 9.11. The predicted molar refractivity (Wildman–Crippen MR) is 75.5 cm³/mol. The van der Waals surface area contributed by atoms with Crippen molar-refractivity contribution in [3.63, 3.8) is 0 Å². The second-order valence-corrected chi connectivity index (χ2v) is 7.12. The molecule has 0 spiro atoms. The lowest BCUT2D eigenvalue weighted by Crippen LogP contribution is -2.37. The van der Waals surface area contributed by atoms with E-state index in [1.807, 2.05) is 12.1 Å². The van der Waals surface area contributed by atoms with E-state index in [-0.39, 0.29) is 11.9 Å². The molecule has 1 aliphatic carbocycles. The van der Waals surface area contributed by atoms with Crippen LogP contribution in [0.2, 0.25) is 0 Å². The monoisotopic (exact) mass is 326 g/mol. The molecule has 0 aromatic carbocycles. The Kier molecular flexibility index (Phi) is 4.79. The standard InChI is InChI=1S/C13H15BrN2OS/c14-12-6-5-11(18-12)13(17)16-10-3-1-9(2-4-10)7-8-15/h5-6,9-10H,1-4,7H2,(H,16,17). The van der Waals surface area contributed by atoms with E-state index < -0.39 is 0 Å². The van der Waals surface area contributed by atoms with Crippen LogP contribution in [0.4, 0.5) is 0 Å². The number of nitrogens with zero attached hydrogens (tertiary/aromatic N) is 1. The first-order valence-electron chi connectivity index (χ1n) is 6.12. The number of nitriles is 1. The van der Waals surface area contributed by atoms with Gasteiger partial charge in [0.15, 0.2) is 0 Å². The van der Waals surface area contributed by atoms with E-state index in [9.17, 15) is 4.79 Å². The average Bonchev–Trinajstić information content (AvgIpc) is 2.79. The third kappa shape index (κ3) is 3.56. The van der Waals surface area contributed by atoms with Gasteiger partial charge in [-0.05, 0) is 59.7 Å². The molecule has 1 aromatic heterocycles. The summed E-state index contributed by atoms with van der Waals surface area (Å²) in [5.41, 5.74) is 0. The molecule has 1 aliphatic rings. The van der Waals surface area contributed by atoms with Crippen molar-refractivity contribution >= 4 is 33.2 Å². The summed E-state index contributed by atoms with van der Waals surface area (Å²) in [7, 11) is 0. The smallest absolute Gasteiger partial charge is 0.261 e. The van der Waals surface area contributed by atoms with Crippen LogP contribution in [-0.2, 0) is 0 Å². The number of halogens is 1. The Bertz CT molecular complexity index is 458. The molecule has 1 saturated carbocycles. The second-order valence-electron chi connectivity index (χ2n) is 4.66. The molecule has 96 valence electrons. The minimum Gasteiger partial charge on any atom is -0.349 e. The van der Waals surface area contributed by atoms with Crippen molar-refractivity contribution in [3.05, 3.63) is 20.8 Å². The van der Waals surface area contributed by atoms with Gasteiger partial charge in [-0.2, -0.15) is 5.26 Å². The Balaban J connectivity index is 1.81. The van der Waals surface area contributed by atoms with Gasteiger partial charge in [-0.1, -0.05) is 0 Å². The Labute approximate surface area is 119 Å². The van der Waals surface area contributed by atoms with Crippen LogP contribution in [0.5, 0.6) is 0 Å². The maximum atomic E-state index is 12.0. The van der Waals surface area contributed by atoms with Gasteiger partial charge in [0.2, 0.25) is 0 Å². The van der Waals surface area contributed by atoms with Gasteiger partial charge in [0.05, 0.1) is 14.7 Å². The summed E-state index contributed by atoms with van der Waals surface area (Å²) in [6.45, 7) is 0. The van der Waals surface area contributed by atoms with Gasteiger partial charge in [0.25, 0.3) is 5.91 Å². The molecule has 0 aliphatic heterocycles. The fourth-order valence-electron chi connectivity index (χ4n) is 2.33. The summed E-state index contributed by atoms with van der Waals surface area (Å²) in [5.74, 6) is 0.550. The van der Waals surface area contributed by atoms with Crippen LogP contribution >= 0.6 is 27.3 Å². The van der Waals surface area contributed by atoms with Crippen molar-refractivity contribution in [3.8, 4) is 6.07 Å². The van der Waals surface area contributed by atoms with Crippen LogP contribution in [0.3, 0.4) is 0 Å².